The van der Waals surface area contributed by atoms with Gasteiger partial charge in [-0.15, -0.1) is 0 Å². The van der Waals surface area contributed by atoms with Crippen LogP contribution in [-0.4, -0.2) is 26.2 Å². The molecule has 0 aliphatic carbocycles. The maximum absolute atomic E-state index is 5.59. The third kappa shape index (κ3) is 2.69. The molecule has 3 nitrogen and oxygen atoms in total. The molecule has 4 rings (SSSR count). The van der Waals surface area contributed by atoms with E-state index >= 15 is 0 Å². The van der Waals surface area contributed by atoms with Crippen LogP contribution in [0, 0.1) is 0 Å². The summed E-state index contributed by atoms with van der Waals surface area (Å²) in [6, 6.07) is 15.4. The zero-order chi connectivity index (χ0) is 14.8. The molecule has 3 heteroatoms. The molecule has 0 spiro atoms. The van der Waals surface area contributed by atoms with Crippen LogP contribution in [0.5, 0.6) is 5.75 Å². The first-order valence-electron chi connectivity index (χ1n) is 8.18. The number of anilines is 1. The number of hydrogen-bond donors (Lipinski definition) is 1. The summed E-state index contributed by atoms with van der Waals surface area (Å²) in [7, 11) is 0. The van der Waals surface area contributed by atoms with Crippen LogP contribution in [-0.2, 0) is 19.4 Å². The molecule has 114 valence electrons. The van der Waals surface area contributed by atoms with E-state index in [2.05, 4.69) is 52.7 Å². The van der Waals surface area contributed by atoms with Crippen molar-refractivity contribution in [2.45, 2.75) is 19.4 Å². The molecule has 1 N–H and O–H groups in total. The van der Waals surface area contributed by atoms with E-state index in [1.807, 2.05) is 0 Å². The molecular weight excluding hydrogens is 272 g/mol. The molecule has 0 bridgehead atoms. The van der Waals surface area contributed by atoms with E-state index < -0.39 is 0 Å². The Labute approximate surface area is 131 Å². The van der Waals surface area contributed by atoms with Crippen LogP contribution >= 0.6 is 0 Å². The number of rotatable bonds is 3. The van der Waals surface area contributed by atoms with Gasteiger partial charge in [0.25, 0.3) is 0 Å². The number of para-hydroxylation sites is 1. The standard InChI is InChI=1S/C19H22N2O/c1-2-4-18-17(3-1)14-20-9-11-21(18)10-7-15-5-6-19-16(13-15)8-12-22-19/h1-6,13,20H,7-12,14H2. The van der Waals surface area contributed by atoms with Crippen molar-refractivity contribution >= 4 is 5.69 Å². The highest BCUT2D eigenvalue weighted by Crippen LogP contribution is 2.27. The van der Waals surface area contributed by atoms with Crippen LogP contribution in [0.2, 0.25) is 0 Å². The van der Waals surface area contributed by atoms with Crippen molar-refractivity contribution in [1.29, 1.82) is 0 Å². The minimum atomic E-state index is 0.837. The highest BCUT2D eigenvalue weighted by molar-refractivity contribution is 5.54. The van der Waals surface area contributed by atoms with E-state index in [1.54, 1.807) is 0 Å². The predicted octanol–water partition coefficient (Wildman–Crippen LogP) is 2.77. The molecule has 2 aromatic rings. The smallest absolute Gasteiger partial charge is 0.122 e. The number of fused-ring (bicyclic) bond motifs is 2. The summed E-state index contributed by atoms with van der Waals surface area (Å²) in [4.78, 5) is 2.51. The zero-order valence-electron chi connectivity index (χ0n) is 12.8. The third-order valence-corrected chi connectivity index (χ3v) is 4.63. The molecule has 0 radical (unpaired) electrons. The van der Waals surface area contributed by atoms with Gasteiger partial charge in [0.15, 0.2) is 0 Å². The van der Waals surface area contributed by atoms with E-state index in [-0.39, 0.29) is 0 Å². The molecular formula is C19H22N2O. The first-order chi connectivity index (χ1) is 10.9. The van der Waals surface area contributed by atoms with Gasteiger partial charge in [-0.1, -0.05) is 30.3 Å². The van der Waals surface area contributed by atoms with Crippen molar-refractivity contribution in [2.24, 2.45) is 0 Å². The van der Waals surface area contributed by atoms with Gasteiger partial charge < -0.3 is 15.0 Å². The lowest BCUT2D eigenvalue weighted by atomic mass is 10.1. The van der Waals surface area contributed by atoms with Crippen LogP contribution in [0.15, 0.2) is 42.5 Å². The summed E-state index contributed by atoms with van der Waals surface area (Å²) in [5, 5.41) is 3.51. The Kier molecular flexibility index (Phi) is 3.73. The van der Waals surface area contributed by atoms with Crippen LogP contribution in [0.3, 0.4) is 0 Å². The van der Waals surface area contributed by atoms with Crippen LogP contribution in [0.25, 0.3) is 0 Å². The maximum atomic E-state index is 5.59. The van der Waals surface area contributed by atoms with Gasteiger partial charge in [-0.3, -0.25) is 0 Å². The lowest BCUT2D eigenvalue weighted by Gasteiger charge is -2.24. The van der Waals surface area contributed by atoms with Crippen LogP contribution in [0.1, 0.15) is 16.7 Å². The molecule has 2 aliphatic rings. The van der Waals surface area contributed by atoms with E-state index in [9.17, 15) is 0 Å². The summed E-state index contributed by atoms with van der Waals surface area (Å²) in [6.45, 7) is 5.00. The molecule has 2 heterocycles. The average molecular weight is 294 g/mol. The normalized spacial score (nSPS) is 16.6. The summed E-state index contributed by atoms with van der Waals surface area (Å²) < 4.78 is 5.59. The predicted molar refractivity (Wildman–Crippen MR) is 89.7 cm³/mol. The molecule has 22 heavy (non-hydrogen) atoms. The second-order valence-electron chi connectivity index (χ2n) is 6.08. The molecule has 0 aromatic heterocycles. The molecule has 0 atom stereocenters. The summed E-state index contributed by atoms with van der Waals surface area (Å²) in [5.41, 5.74) is 5.58. The molecule has 0 saturated carbocycles. The van der Waals surface area contributed by atoms with Gasteiger partial charge in [-0.25, -0.2) is 0 Å². The van der Waals surface area contributed by atoms with Crippen LogP contribution in [0.4, 0.5) is 5.69 Å². The first kappa shape index (κ1) is 13.6. The van der Waals surface area contributed by atoms with Gasteiger partial charge in [-0.2, -0.15) is 0 Å². The number of nitrogens with zero attached hydrogens (tertiary/aromatic N) is 1. The summed E-state index contributed by atoms with van der Waals surface area (Å²) >= 11 is 0. The van der Waals surface area contributed by atoms with Gasteiger partial charge in [0.2, 0.25) is 0 Å². The number of hydrogen-bond acceptors (Lipinski definition) is 3. The molecule has 0 amide bonds. The minimum Gasteiger partial charge on any atom is -0.493 e. The van der Waals surface area contributed by atoms with Crippen molar-refractivity contribution in [3.05, 3.63) is 59.2 Å². The second kappa shape index (κ2) is 6.01. The number of nitrogens with one attached hydrogen (secondary N) is 1. The Morgan fingerprint density at radius 1 is 1.09 bits per heavy atom. The topological polar surface area (TPSA) is 24.5 Å². The van der Waals surface area contributed by atoms with E-state index in [0.29, 0.717) is 0 Å². The van der Waals surface area contributed by atoms with E-state index in [4.69, 9.17) is 4.74 Å². The minimum absolute atomic E-state index is 0.837. The van der Waals surface area contributed by atoms with Gasteiger partial charge in [0.05, 0.1) is 6.61 Å². The summed E-state index contributed by atoms with van der Waals surface area (Å²) in [5.74, 6) is 1.08. The third-order valence-electron chi connectivity index (χ3n) is 4.63. The first-order valence-corrected chi connectivity index (χ1v) is 8.18. The molecule has 2 aliphatic heterocycles. The summed E-state index contributed by atoms with van der Waals surface area (Å²) in [6.07, 6.45) is 2.14. The second-order valence-corrected chi connectivity index (χ2v) is 6.08. The number of benzene rings is 2. The fraction of sp³-hybridized carbons (Fsp3) is 0.368. The SMILES string of the molecule is c1ccc2c(c1)CNCCN2CCc1ccc2c(c1)CCO2. The van der Waals surface area contributed by atoms with Gasteiger partial charge in [-0.05, 0) is 35.2 Å². The molecule has 2 aromatic carbocycles. The van der Waals surface area contributed by atoms with Crippen molar-refractivity contribution in [3.63, 3.8) is 0 Å². The average Bonchev–Trinajstić information content (AvgIpc) is 2.92. The largest absolute Gasteiger partial charge is 0.493 e. The Balaban J connectivity index is 1.49. The highest BCUT2D eigenvalue weighted by atomic mass is 16.5. The van der Waals surface area contributed by atoms with Gasteiger partial charge in [0, 0.05) is 38.3 Å². The molecule has 0 saturated heterocycles. The Bertz CT molecular complexity index is 668. The van der Waals surface area contributed by atoms with Crippen molar-refractivity contribution in [2.75, 3.05) is 31.1 Å². The maximum Gasteiger partial charge on any atom is 0.122 e. The van der Waals surface area contributed by atoms with Crippen molar-refractivity contribution in [1.82, 2.24) is 5.32 Å². The monoisotopic (exact) mass is 294 g/mol. The van der Waals surface area contributed by atoms with Crippen molar-refractivity contribution in [3.8, 4) is 5.75 Å². The van der Waals surface area contributed by atoms with E-state index in [0.717, 1.165) is 51.4 Å². The van der Waals surface area contributed by atoms with Gasteiger partial charge in [0.1, 0.15) is 5.75 Å². The van der Waals surface area contributed by atoms with Crippen LogP contribution < -0.4 is 15.0 Å². The van der Waals surface area contributed by atoms with E-state index in [1.165, 1.54) is 22.4 Å². The zero-order valence-corrected chi connectivity index (χ0v) is 12.8. The Morgan fingerprint density at radius 2 is 2.05 bits per heavy atom. The quantitative estimate of drug-likeness (QED) is 0.942. The van der Waals surface area contributed by atoms with Gasteiger partial charge >= 0.3 is 0 Å². The van der Waals surface area contributed by atoms with Crippen molar-refractivity contribution < 1.29 is 4.74 Å². The molecule has 0 unspecified atom stereocenters. The Morgan fingerprint density at radius 3 is 3.05 bits per heavy atom. The fourth-order valence-electron chi connectivity index (χ4n) is 3.42. The molecule has 0 fully saturated rings. The number of ether oxygens (including phenoxy) is 1. The lowest BCUT2D eigenvalue weighted by Crippen LogP contribution is -2.30. The lowest BCUT2D eigenvalue weighted by molar-refractivity contribution is 0.357. The highest BCUT2D eigenvalue weighted by Gasteiger charge is 2.15. The fourth-order valence-corrected chi connectivity index (χ4v) is 3.42. The Hall–Kier alpha value is -2.00.